The number of fused-ring (bicyclic) bond motifs is 8. The van der Waals surface area contributed by atoms with E-state index in [9.17, 15) is 0 Å². The van der Waals surface area contributed by atoms with Crippen molar-refractivity contribution in [2.45, 2.75) is 0 Å². The van der Waals surface area contributed by atoms with Gasteiger partial charge in [0.05, 0.1) is 11.0 Å². The van der Waals surface area contributed by atoms with E-state index in [1.165, 1.54) is 64.7 Å². The Balaban J connectivity index is 1.02. The number of benzene rings is 9. The van der Waals surface area contributed by atoms with Gasteiger partial charge in [0.1, 0.15) is 0 Å². The Kier molecular flexibility index (Phi) is 8.00. The normalized spacial score (nSPS) is 11.7. The highest BCUT2D eigenvalue weighted by Gasteiger charge is 2.20. The Bertz CT molecular complexity index is 3570. The summed E-state index contributed by atoms with van der Waals surface area (Å²) in [4.78, 5) is 15.4. The second kappa shape index (κ2) is 14.0. The average molecular weight is 783 g/mol. The quantitative estimate of drug-likeness (QED) is 0.169. The maximum atomic E-state index is 5.18. The molecule has 3 aromatic heterocycles. The molecule has 0 N–H and O–H groups in total. The first kappa shape index (κ1) is 34.3. The lowest BCUT2D eigenvalue weighted by molar-refractivity contribution is 1.08. The van der Waals surface area contributed by atoms with Gasteiger partial charge in [0.15, 0.2) is 17.5 Å². The van der Waals surface area contributed by atoms with Crippen molar-refractivity contribution in [2.24, 2.45) is 0 Å². The molecular formula is C55H34N4S. The molecule has 12 aromatic rings. The highest BCUT2D eigenvalue weighted by Crippen LogP contribution is 2.43. The topological polar surface area (TPSA) is 43.6 Å². The van der Waals surface area contributed by atoms with Crippen LogP contribution in [0.1, 0.15) is 0 Å². The van der Waals surface area contributed by atoms with Gasteiger partial charge in [0, 0.05) is 53.3 Å². The van der Waals surface area contributed by atoms with Gasteiger partial charge in [-0.15, -0.1) is 11.3 Å². The maximum absolute atomic E-state index is 5.18. The summed E-state index contributed by atoms with van der Waals surface area (Å²) in [5, 5.41) is 7.42. The molecule has 9 aromatic carbocycles. The standard InChI is InChI=1S/C55H34N4S/c1-4-13-35(14-5-1)37-23-25-40(26-24-37)54-56-53(39-18-8-3-9-19-39)57-55(58-54)46-22-12-21-45-44-30-29-42(34-50(44)60-52(45)46)59-48-31-28-41(36-15-6-2-7-16-36)33-47(48)51-43-20-11-10-17-38(43)27-32-49(51)59/h1-34H. The molecule has 0 saturated heterocycles. The summed E-state index contributed by atoms with van der Waals surface area (Å²) in [5.41, 5.74) is 11.1. The molecule has 0 unspecified atom stereocenters. The molecule has 0 amide bonds. The van der Waals surface area contributed by atoms with Crippen LogP contribution in [0.15, 0.2) is 206 Å². The first-order valence-electron chi connectivity index (χ1n) is 20.2. The summed E-state index contributed by atoms with van der Waals surface area (Å²) in [5.74, 6) is 1.96. The van der Waals surface area contributed by atoms with Crippen molar-refractivity contribution >= 4 is 64.1 Å². The zero-order chi connectivity index (χ0) is 39.6. The molecule has 4 nitrogen and oxygen atoms in total. The minimum atomic E-state index is 0.646. The molecule has 0 aliphatic heterocycles. The van der Waals surface area contributed by atoms with Crippen molar-refractivity contribution < 1.29 is 0 Å². The van der Waals surface area contributed by atoms with E-state index in [1.807, 2.05) is 24.3 Å². The minimum Gasteiger partial charge on any atom is -0.309 e. The number of aromatic nitrogens is 4. The lowest BCUT2D eigenvalue weighted by atomic mass is 10.0. The van der Waals surface area contributed by atoms with Crippen LogP contribution in [-0.2, 0) is 0 Å². The van der Waals surface area contributed by atoms with E-state index in [4.69, 9.17) is 15.0 Å². The van der Waals surface area contributed by atoms with Crippen molar-refractivity contribution in [2.75, 3.05) is 0 Å². The molecule has 3 heterocycles. The second-order valence-corrected chi connectivity index (χ2v) is 16.2. The predicted molar refractivity (Wildman–Crippen MR) is 252 cm³/mol. The van der Waals surface area contributed by atoms with Crippen LogP contribution >= 0.6 is 11.3 Å². The molecular weight excluding hydrogens is 749 g/mol. The predicted octanol–water partition coefficient (Wildman–Crippen LogP) is 14.8. The molecule has 0 bridgehead atoms. The number of rotatable bonds is 6. The van der Waals surface area contributed by atoms with Crippen LogP contribution in [0.25, 0.3) is 115 Å². The molecule has 0 atom stereocenters. The van der Waals surface area contributed by atoms with Crippen molar-refractivity contribution in [1.82, 2.24) is 19.5 Å². The third kappa shape index (κ3) is 5.70. The maximum Gasteiger partial charge on any atom is 0.165 e. The van der Waals surface area contributed by atoms with Gasteiger partial charge in [-0.3, -0.25) is 0 Å². The average Bonchev–Trinajstić information content (AvgIpc) is 3.87. The van der Waals surface area contributed by atoms with Gasteiger partial charge in [-0.1, -0.05) is 170 Å². The fraction of sp³-hybridized carbons (Fsp3) is 0. The van der Waals surface area contributed by atoms with E-state index in [0.29, 0.717) is 17.5 Å². The summed E-state index contributed by atoms with van der Waals surface area (Å²) in [6.07, 6.45) is 0. The molecule has 5 heteroatoms. The fourth-order valence-corrected chi connectivity index (χ4v) is 10.0. The van der Waals surface area contributed by atoms with Crippen LogP contribution in [-0.4, -0.2) is 19.5 Å². The summed E-state index contributed by atoms with van der Waals surface area (Å²) < 4.78 is 4.80. The van der Waals surface area contributed by atoms with Crippen molar-refractivity contribution in [1.29, 1.82) is 0 Å². The summed E-state index contributed by atoms with van der Waals surface area (Å²) in [7, 11) is 0. The van der Waals surface area contributed by atoms with Crippen molar-refractivity contribution in [3.05, 3.63) is 206 Å². The van der Waals surface area contributed by atoms with E-state index in [-0.39, 0.29) is 0 Å². The molecule has 280 valence electrons. The van der Waals surface area contributed by atoms with Gasteiger partial charge >= 0.3 is 0 Å². The van der Waals surface area contributed by atoms with Gasteiger partial charge in [0.25, 0.3) is 0 Å². The van der Waals surface area contributed by atoms with Crippen LogP contribution in [0, 0.1) is 0 Å². The number of hydrogen-bond acceptors (Lipinski definition) is 4. The molecule has 0 aliphatic rings. The van der Waals surface area contributed by atoms with E-state index in [2.05, 4.69) is 187 Å². The van der Waals surface area contributed by atoms with Crippen molar-refractivity contribution in [3.8, 4) is 62.1 Å². The largest absolute Gasteiger partial charge is 0.309 e. The molecule has 12 rings (SSSR count). The Labute approximate surface area is 350 Å². The Morgan fingerprint density at radius 2 is 0.917 bits per heavy atom. The van der Waals surface area contributed by atoms with Gasteiger partial charge in [-0.2, -0.15) is 0 Å². The Hall–Kier alpha value is -7.73. The second-order valence-electron chi connectivity index (χ2n) is 15.2. The number of hydrogen-bond donors (Lipinski definition) is 0. The smallest absolute Gasteiger partial charge is 0.165 e. The Morgan fingerprint density at radius 3 is 1.67 bits per heavy atom. The van der Waals surface area contributed by atoms with Gasteiger partial charge in [-0.25, -0.2) is 15.0 Å². The third-order valence-electron chi connectivity index (χ3n) is 11.7. The van der Waals surface area contributed by atoms with Crippen LogP contribution in [0.2, 0.25) is 0 Å². The van der Waals surface area contributed by atoms with Crippen LogP contribution < -0.4 is 0 Å². The van der Waals surface area contributed by atoms with Crippen molar-refractivity contribution in [3.63, 3.8) is 0 Å². The van der Waals surface area contributed by atoms with E-state index >= 15 is 0 Å². The summed E-state index contributed by atoms with van der Waals surface area (Å²) >= 11 is 1.80. The molecule has 0 fully saturated rings. The van der Waals surface area contributed by atoms with Crippen LogP contribution in [0.4, 0.5) is 0 Å². The van der Waals surface area contributed by atoms with Gasteiger partial charge < -0.3 is 4.57 Å². The van der Waals surface area contributed by atoms with E-state index < -0.39 is 0 Å². The SMILES string of the molecule is c1ccc(-c2ccc(-c3nc(-c4ccccc4)nc(-c4cccc5c4sc4cc(-n6c7ccc(-c8ccccc8)cc7c7c8ccccc8ccc76)ccc45)n3)cc2)cc1. The fourth-order valence-electron chi connectivity index (χ4n) is 8.77. The third-order valence-corrected chi connectivity index (χ3v) is 12.9. The first-order chi connectivity index (χ1) is 29.7. The van der Waals surface area contributed by atoms with Gasteiger partial charge in [-0.05, 0) is 69.4 Å². The highest BCUT2D eigenvalue weighted by molar-refractivity contribution is 7.26. The zero-order valence-electron chi connectivity index (χ0n) is 32.3. The first-order valence-corrected chi connectivity index (χ1v) is 21.0. The lowest BCUT2D eigenvalue weighted by Crippen LogP contribution is -2.00. The number of thiophene rings is 1. The lowest BCUT2D eigenvalue weighted by Gasteiger charge is -2.10. The highest BCUT2D eigenvalue weighted by atomic mass is 32.1. The van der Waals surface area contributed by atoms with Crippen LogP contribution in [0.3, 0.4) is 0 Å². The monoisotopic (exact) mass is 782 g/mol. The zero-order valence-corrected chi connectivity index (χ0v) is 33.1. The molecule has 0 radical (unpaired) electrons. The van der Waals surface area contributed by atoms with E-state index in [1.54, 1.807) is 11.3 Å². The van der Waals surface area contributed by atoms with Crippen LogP contribution in [0.5, 0.6) is 0 Å². The Morgan fingerprint density at radius 1 is 0.350 bits per heavy atom. The number of nitrogens with zero attached hydrogens (tertiary/aromatic N) is 4. The van der Waals surface area contributed by atoms with E-state index in [0.717, 1.165) is 32.6 Å². The summed E-state index contributed by atoms with van der Waals surface area (Å²) in [6.45, 7) is 0. The summed E-state index contributed by atoms with van der Waals surface area (Å²) in [6, 6.07) is 73.4. The van der Waals surface area contributed by atoms with Gasteiger partial charge in [0.2, 0.25) is 0 Å². The molecule has 0 spiro atoms. The molecule has 0 saturated carbocycles. The minimum absolute atomic E-state index is 0.646. The molecule has 0 aliphatic carbocycles. The molecule has 60 heavy (non-hydrogen) atoms.